The van der Waals surface area contributed by atoms with Gasteiger partial charge in [-0.2, -0.15) is 4.98 Å². The molecule has 3 rings (SSSR count). The van der Waals surface area contributed by atoms with Crippen LogP contribution in [-0.2, 0) is 6.42 Å². The maximum absolute atomic E-state index is 12.6. The van der Waals surface area contributed by atoms with Gasteiger partial charge >= 0.3 is 0 Å². The van der Waals surface area contributed by atoms with Crippen LogP contribution in [0.4, 0.5) is 0 Å². The number of aromatic nitrogens is 3. The highest BCUT2D eigenvalue weighted by molar-refractivity contribution is 6.06. The van der Waals surface area contributed by atoms with Crippen molar-refractivity contribution in [1.29, 1.82) is 0 Å². The summed E-state index contributed by atoms with van der Waals surface area (Å²) in [6.07, 6.45) is 1.35. The first-order valence-electron chi connectivity index (χ1n) is 8.09. The highest BCUT2D eigenvalue weighted by Gasteiger charge is 2.13. The molecule has 0 aliphatic carbocycles. The SMILES string of the molecule is COc1ccc2nc(C)cc(C(=O)NCCCc3nc(C)no3)c2c1. The zero-order chi connectivity index (χ0) is 17.8. The van der Waals surface area contributed by atoms with Crippen molar-refractivity contribution >= 4 is 16.8 Å². The van der Waals surface area contributed by atoms with Crippen molar-refractivity contribution in [2.24, 2.45) is 0 Å². The first kappa shape index (κ1) is 16.9. The van der Waals surface area contributed by atoms with Crippen LogP contribution < -0.4 is 10.1 Å². The molecule has 0 aliphatic heterocycles. The van der Waals surface area contributed by atoms with E-state index in [0.29, 0.717) is 36.0 Å². The number of fused-ring (bicyclic) bond motifs is 1. The molecule has 0 bridgehead atoms. The monoisotopic (exact) mass is 340 g/mol. The minimum absolute atomic E-state index is 0.134. The van der Waals surface area contributed by atoms with Crippen LogP contribution in [0.25, 0.3) is 10.9 Å². The van der Waals surface area contributed by atoms with E-state index < -0.39 is 0 Å². The van der Waals surface area contributed by atoms with Gasteiger partial charge in [0.1, 0.15) is 5.75 Å². The number of hydrogen-bond acceptors (Lipinski definition) is 6. The molecule has 0 atom stereocenters. The maximum atomic E-state index is 12.6. The summed E-state index contributed by atoms with van der Waals surface area (Å²) in [4.78, 5) is 21.2. The molecule has 2 aromatic heterocycles. The fourth-order valence-corrected chi connectivity index (χ4v) is 2.63. The van der Waals surface area contributed by atoms with Crippen molar-refractivity contribution in [3.63, 3.8) is 0 Å². The first-order chi connectivity index (χ1) is 12.1. The summed E-state index contributed by atoms with van der Waals surface area (Å²) in [5, 5.41) is 7.45. The van der Waals surface area contributed by atoms with Gasteiger partial charge < -0.3 is 14.6 Å². The van der Waals surface area contributed by atoms with Crippen LogP contribution in [0.1, 0.15) is 34.2 Å². The molecule has 0 radical (unpaired) electrons. The third-order valence-corrected chi connectivity index (χ3v) is 3.81. The largest absolute Gasteiger partial charge is 0.497 e. The molecule has 3 aromatic rings. The standard InChI is InChI=1S/C18H20N4O3/c1-11-9-15(14-10-13(24-3)6-7-16(14)20-11)18(23)19-8-4-5-17-21-12(2)22-25-17/h6-7,9-10H,4-5,8H2,1-3H3,(H,19,23). The van der Waals surface area contributed by atoms with Crippen molar-refractivity contribution < 1.29 is 14.1 Å². The Morgan fingerprint density at radius 3 is 2.80 bits per heavy atom. The summed E-state index contributed by atoms with van der Waals surface area (Å²) in [7, 11) is 1.60. The minimum Gasteiger partial charge on any atom is -0.497 e. The molecule has 0 aliphatic rings. The van der Waals surface area contributed by atoms with Crippen molar-refractivity contribution in [3.8, 4) is 5.75 Å². The van der Waals surface area contributed by atoms with E-state index in [4.69, 9.17) is 9.26 Å². The second-order valence-corrected chi connectivity index (χ2v) is 5.79. The predicted molar refractivity (Wildman–Crippen MR) is 92.7 cm³/mol. The number of hydrogen-bond donors (Lipinski definition) is 1. The summed E-state index contributed by atoms with van der Waals surface area (Å²) in [6.45, 7) is 4.17. The number of nitrogens with zero attached hydrogens (tertiary/aromatic N) is 3. The summed E-state index contributed by atoms with van der Waals surface area (Å²) >= 11 is 0. The summed E-state index contributed by atoms with van der Waals surface area (Å²) in [6, 6.07) is 7.31. The van der Waals surface area contributed by atoms with Crippen molar-refractivity contribution in [1.82, 2.24) is 20.4 Å². The van der Waals surface area contributed by atoms with Gasteiger partial charge in [0.2, 0.25) is 5.89 Å². The first-order valence-corrected chi connectivity index (χ1v) is 8.09. The lowest BCUT2D eigenvalue weighted by molar-refractivity contribution is 0.0954. The van der Waals surface area contributed by atoms with Crippen LogP contribution in [0.5, 0.6) is 5.75 Å². The van der Waals surface area contributed by atoms with Gasteiger partial charge in [0.15, 0.2) is 5.82 Å². The van der Waals surface area contributed by atoms with E-state index in [1.807, 2.05) is 25.1 Å². The van der Waals surface area contributed by atoms with Gasteiger partial charge in [-0.3, -0.25) is 9.78 Å². The fourth-order valence-electron chi connectivity index (χ4n) is 2.63. The number of carbonyl (C=O) groups is 1. The molecule has 130 valence electrons. The Morgan fingerprint density at radius 1 is 1.24 bits per heavy atom. The van der Waals surface area contributed by atoms with Crippen LogP contribution in [0.3, 0.4) is 0 Å². The molecular formula is C18H20N4O3. The van der Waals surface area contributed by atoms with Crippen LogP contribution >= 0.6 is 0 Å². The van der Waals surface area contributed by atoms with Crippen LogP contribution in [0, 0.1) is 13.8 Å². The number of carbonyl (C=O) groups excluding carboxylic acids is 1. The van der Waals surface area contributed by atoms with Crippen molar-refractivity contribution in [2.75, 3.05) is 13.7 Å². The average Bonchev–Trinajstić information content (AvgIpc) is 3.02. The average molecular weight is 340 g/mol. The van der Waals surface area contributed by atoms with Crippen molar-refractivity contribution in [2.45, 2.75) is 26.7 Å². The number of amides is 1. The van der Waals surface area contributed by atoms with E-state index in [9.17, 15) is 4.79 Å². The van der Waals surface area contributed by atoms with Crippen LogP contribution in [-0.4, -0.2) is 34.7 Å². The van der Waals surface area contributed by atoms with E-state index in [-0.39, 0.29) is 5.91 Å². The summed E-state index contributed by atoms with van der Waals surface area (Å²) < 4.78 is 10.3. The molecular weight excluding hydrogens is 320 g/mol. The molecule has 0 saturated heterocycles. The molecule has 1 amide bonds. The molecule has 0 unspecified atom stereocenters. The molecule has 2 heterocycles. The third kappa shape index (κ3) is 3.93. The van der Waals surface area contributed by atoms with E-state index in [1.165, 1.54) is 0 Å². The Kier molecular flexibility index (Phi) is 4.92. The second-order valence-electron chi connectivity index (χ2n) is 5.79. The van der Waals surface area contributed by atoms with E-state index in [1.54, 1.807) is 20.1 Å². The maximum Gasteiger partial charge on any atom is 0.252 e. The van der Waals surface area contributed by atoms with Crippen molar-refractivity contribution in [3.05, 3.63) is 47.2 Å². The topological polar surface area (TPSA) is 90.1 Å². The Balaban J connectivity index is 1.70. The minimum atomic E-state index is -0.134. The number of benzene rings is 1. The Hall–Kier alpha value is -2.96. The number of nitrogens with one attached hydrogen (secondary N) is 1. The molecule has 25 heavy (non-hydrogen) atoms. The van der Waals surface area contributed by atoms with Crippen LogP contribution in [0.2, 0.25) is 0 Å². The number of pyridine rings is 1. The molecule has 0 fully saturated rings. The van der Waals surface area contributed by atoms with Gasteiger partial charge in [0, 0.05) is 24.0 Å². The lowest BCUT2D eigenvalue weighted by Gasteiger charge is -2.10. The summed E-state index contributed by atoms with van der Waals surface area (Å²) in [5.74, 6) is 1.76. The Bertz CT molecular complexity index is 904. The predicted octanol–water partition coefficient (Wildman–Crippen LogP) is 2.61. The van der Waals surface area contributed by atoms with Gasteiger partial charge in [0.25, 0.3) is 5.91 Å². The number of methoxy groups -OCH3 is 1. The van der Waals surface area contributed by atoms with E-state index in [0.717, 1.165) is 23.0 Å². The zero-order valence-electron chi connectivity index (χ0n) is 14.5. The van der Waals surface area contributed by atoms with E-state index in [2.05, 4.69) is 20.4 Å². The third-order valence-electron chi connectivity index (χ3n) is 3.81. The van der Waals surface area contributed by atoms with Gasteiger partial charge in [-0.15, -0.1) is 0 Å². The normalized spacial score (nSPS) is 10.8. The second kappa shape index (κ2) is 7.29. The highest BCUT2D eigenvalue weighted by Crippen LogP contribution is 2.23. The number of rotatable bonds is 6. The van der Waals surface area contributed by atoms with Gasteiger partial charge in [-0.1, -0.05) is 5.16 Å². The zero-order valence-corrected chi connectivity index (χ0v) is 14.5. The Labute approximate surface area is 145 Å². The molecule has 1 aromatic carbocycles. The van der Waals surface area contributed by atoms with Gasteiger partial charge in [0.05, 0.1) is 18.2 Å². The lowest BCUT2D eigenvalue weighted by atomic mass is 10.1. The quantitative estimate of drug-likeness (QED) is 0.694. The van der Waals surface area contributed by atoms with E-state index >= 15 is 0 Å². The number of ether oxygens (including phenoxy) is 1. The number of aryl methyl sites for hydroxylation is 3. The summed E-state index contributed by atoms with van der Waals surface area (Å²) in [5.41, 5.74) is 2.16. The highest BCUT2D eigenvalue weighted by atomic mass is 16.5. The fraction of sp³-hybridized carbons (Fsp3) is 0.333. The van der Waals surface area contributed by atoms with Gasteiger partial charge in [-0.05, 0) is 44.5 Å². The Morgan fingerprint density at radius 2 is 2.08 bits per heavy atom. The van der Waals surface area contributed by atoms with Crippen LogP contribution in [0.15, 0.2) is 28.8 Å². The smallest absolute Gasteiger partial charge is 0.252 e. The lowest BCUT2D eigenvalue weighted by Crippen LogP contribution is -2.25. The molecule has 7 heteroatoms. The van der Waals surface area contributed by atoms with Gasteiger partial charge in [-0.25, -0.2) is 0 Å². The molecule has 0 saturated carbocycles. The molecule has 0 spiro atoms. The molecule has 7 nitrogen and oxygen atoms in total. The molecule has 1 N–H and O–H groups in total.